The second kappa shape index (κ2) is 6.81. The molecule has 1 aliphatic rings. The molecule has 1 N–H and O–H groups in total. The average molecular weight is 281 g/mol. The smallest absolute Gasteiger partial charge is 0.0481 e. The van der Waals surface area contributed by atoms with E-state index >= 15 is 0 Å². The molecule has 3 nitrogen and oxygen atoms in total. The van der Waals surface area contributed by atoms with Gasteiger partial charge < -0.3 is 5.32 Å². The summed E-state index contributed by atoms with van der Waals surface area (Å²) in [5.74, 6) is 0.543. The van der Waals surface area contributed by atoms with Crippen LogP contribution in [0.25, 0.3) is 0 Å². The predicted molar refractivity (Wildman–Crippen MR) is 85.3 cm³/mol. The van der Waals surface area contributed by atoms with Crippen molar-refractivity contribution in [2.24, 2.45) is 0 Å². The first kappa shape index (κ1) is 14.2. The molecule has 2 heterocycles. The van der Waals surface area contributed by atoms with Gasteiger partial charge in [-0.2, -0.15) is 0 Å². The van der Waals surface area contributed by atoms with Gasteiger partial charge in [0.25, 0.3) is 0 Å². The largest absolute Gasteiger partial charge is 0.316 e. The van der Waals surface area contributed by atoms with E-state index < -0.39 is 0 Å². The molecule has 0 fully saturated rings. The number of nitrogens with zero attached hydrogens (tertiary/aromatic N) is 2. The van der Waals surface area contributed by atoms with Crippen LogP contribution in [0.4, 0.5) is 0 Å². The van der Waals surface area contributed by atoms with Gasteiger partial charge in [-0.1, -0.05) is 6.07 Å². The standard InChI is InChI=1S/C18H23N3/c1-19-17(8-7-14-9-12-20-13-10-14)16-6-2-4-15-5-3-11-21-18(15)16/h3,5,9-13,16-17,19H,2,4,6-8H2,1H3. The van der Waals surface area contributed by atoms with Gasteiger partial charge in [-0.3, -0.25) is 9.97 Å². The highest BCUT2D eigenvalue weighted by atomic mass is 14.9. The summed E-state index contributed by atoms with van der Waals surface area (Å²) in [6.45, 7) is 0. The van der Waals surface area contributed by atoms with Crippen molar-refractivity contribution in [2.75, 3.05) is 7.05 Å². The normalized spacial score (nSPS) is 19.0. The summed E-state index contributed by atoms with van der Waals surface area (Å²) in [6, 6.07) is 9.02. The van der Waals surface area contributed by atoms with Gasteiger partial charge in [0, 0.05) is 36.2 Å². The molecule has 3 rings (SSSR count). The van der Waals surface area contributed by atoms with E-state index in [4.69, 9.17) is 0 Å². The Morgan fingerprint density at radius 2 is 2.10 bits per heavy atom. The summed E-state index contributed by atoms with van der Waals surface area (Å²) in [4.78, 5) is 8.76. The zero-order valence-corrected chi connectivity index (χ0v) is 12.6. The zero-order valence-electron chi connectivity index (χ0n) is 12.6. The lowest BCUT2D eigenvalue weighted by Gasteiger charge is -2.31. The molecule has 0 saturated heterocycles. The molecule has 2 aromatic heterocycles. The fourth-order valence-corrected chi connectivity index (χ4v) is 3.46. The molecule has 21 heavy (non-hydrogen) atoms. The number of hydrogen-bond donors (Lipinski definition) is 1. The van der Waals surface area contributed by atoms with Crippen LogP contribution >= 0.6 is 0 Å². The first-order valence-electron chi connectivity index (χ1n) is 7.88. The molecular weight excluding hydrogens is 258 g/mol. The molecule has 2 unspecified atom stereocenters. The molecule has 110 valence electrons. The number of hydrogen-bond acceptors (Lipinski definition) is 3. The second-order valence-corrected chi connectivity index (χ2v) is 5.84. The molecule has 0 spiro atoms. The lowest BCUT2D eigenvalue weighted by molar-refractivity contribution is 0.386. The fourth-order valence-electron chi connectivity index (χ4n) is 3.46. The second-order valence-electron chi connectivity index (χ2n) is 5.84. The molecule has 0 aliphatic heterocycles. The van der Waals surface area contributed by atoms with E-state index in [2.05, 4.69) is 46.6 Å². The number of nitrogens with one attached hydrogen (secondary N) is 1. The van der Waals surface area contributed by atoms with Crippen molar-refractivity contribution in [3.63, 3.8) is 0 Å². The summed E-state index contributed by atoms with van der Waals surface area (Å²) in [7, 11) is 2.08. The minimum Gasteiger partial charge on any atom is -0.316 e. The Kier molecular flexibility index (Phi) is 4.61. The van der Waals surface area contributed by atoms with E-state index in [1.165, 1.54) is 36.1 Å². The molecule has 0 radical (unpaired) electrons. The van der Waals surface area contributed by atoms with Gasteiger partial charge in [0.15, 0.2) is 0 Å². The van der Waals surface area contributed by atoms with Crippen LogP contribution in [0.15, 0.2) is 42.9 Å². The number of aryl methyl sites for hydroxylation is 2. The third-order valence-corrected chi connectivity index (χ3v) is 4.59. The maximum absolute atomic E-state index is 4.67. The van der Waals surface area contributed by atoms with Crippen molar-refractivity contribution >= 4 is 0 Å². The number of likely N-dealkylation sites (N-methyl/N-ethyl adjacent to an activating group) is 1. The Bertz CT molecular complexity index is 568. The zero-order chi connectivity index (χ0) is 14.5. The van der Waals surface area contributed by atoms with Gasteiger partial charge in [0.2, 0.25) is 0 Å². The lowest BCUT2D eigenvalue weighted by atomic mass is 9.80. The molecule has 0 saturated carbocycles. The fraction of sp³-hybridized carbons (Fsp3) is 0.444. The molecule has 0 amide bonds. The van der Waals surface area contributed by atoms with Crippen molar-refractivity contribution in [3.05, 3.63) is 59.7 Å². The summed E-state index contributed by atoms with van der Waals surface area (Å²) in [5.41, 5.74) is 4.12. The van der Waals surface area contributed by atoms with E-state index in [1.54, 1.807) is 0 Å². The van der Waals surface area contributed by atoms with E-state index in [0.717, 1.165) is 12.8 Å². The van der Waals surface area contributed by atoms with E-state index in [9.17, 15) is 0 Å². The molecule has 0 aromatic carbocycles. The summed E-state index contributed by atoms with van der Waals surface area (Å²) in [5, 5.41) is 3.53. The Morgan fingerprint density at radius 3 is 2.90 bits per heavy atom. The molecule has 1 aliphatic carbocycles. The van der Waals surface area contributed by atoms with Crippen molar-refractivity contribution in [1.82, 2.24) is 15.3 Å². The third-order valence-electron chi connectivity index (χ3n) is 4.59. The van der Waals surface area contributed by atoms with Crippen LogP contribution in [0.3, 0.4) is 0 Å². The van der Waals surface area contributed by atoms with Crippen molar-refractivity contribution in [3.8, 4) is 0 Å². The maximum atomic E-state index is 4.67. The van der Waals surface area contributed by atoms with Crippen LogP contribution < -0.4 is 5.32 Å². The minimum atomic E-state index is 0.493. The Morgan fingerprint density at radius 1 is 1.24 bits per heavy atom. The van der Waals surface area contributed by atoms with Crippen LogP contribution in [-0.4, -0.2) is 23.1 Å². The Labute approximate surface area is 126 Å². The number of rotatable bonds is 5. The molecular formula is C18H23N3. The van der Waals surface area contributed by atoms with Crippen LogP contribution in [0.5, 0.6) is 0 Å². The minimum absolute atomic E-state index is 0.493. The quantitative estimate of drug-likeness (QED) is 0.915. The Hall–Kier alpha value is -1.74. The van der Waals surface area contributed by atoms with Gasteiger partial charge in [-0.25, -0.2) is 0 Å². The Balaban J connectivity index is 1.72. The number of aromatic nitrogens is 2. The van der Waals surface area contributed by atoms with Gasteiger partial charge in [0.1, 0.15) is 0 Å². The third kappa shape index (κ3) is 3.30. The highest BCUT2D eigenvalue weighted by Gasteiger charge is 2.27. The highest BCUT2D eigenvalue weighted by molar-refractivity contribution is 5.27. The summed E-state index contributed by atoms with van der Waals surface area (Å²) >= 11 is 0. The first-order chi connectivity index (χ1) is 10.4. The van der Waals surface area contributed by atoms with Crippen molar-refractivity contribution in [1.29, 1.82) is 0 Å². The molecule has 0 bridgehead atoms. The molecule has 2 atom stereocenters. The van der Waals surface area contributed by atoms with Crippen molar-refractivity contribution in [2.45, 2.75) is 44.1 Å². The van der Waals surface area contributed by atoms with Crippen LogP contribution in [0.2, 0.25) is 0 Å². The monoisotopic (exact) mass is 281 g/mol. The van der Waals surface area contributed by atoms with Gasteiger partial charge in [0.05, 0.1) is 0 Å². The van der Waals surface area contributed by atoms with Gasteiger partial charge >= 0.3 is 0 Å². The summed E-state index contributed by atoms with van der Waals surface area (Å²) in [6.07, 6.45) is 11.6. The van der Waals surface area contributed by atoms with E-state index in [0.29, 0.717) is 12.0 Å². The lowest BCUT2D eigenvalue weighted by Crippen LogP contribution is -2.35. The van der Waals surface area contributed by atoms with Crippen LogP contribution in [0.1, 0.15) is 42.0 Å². The first-order valence-corrected chi connectivity index (χ1v) is 7.88. The summed E-state index contributed by atoms with van der Waals surface area (Å²) < 4.78 is 0. The average Bonchev–Trinajstić information content (AvgIpc) is 2.56. The number of pyridine rings is 2. The maximum Gasteiger partial charge on any atom is 0.0481 e. The topological polar surface area (TPSA) is 37.8 Å². The molecule has 2 aromatic rings. The SMILES string of the molecule is CNC(CCc1ccncc1)C1CCCc2cccnc21. The van der Waals surface area contributed by atoms with E-state index in [1.807, 2.05) is 18.6 Å². The van der Waals surface area contributed by atoms with Gasteiger partial charge in [-0.05, 0) is 68.5 Å². The van der Waals surface area contributed by atoms with Crippen molar-refractivity contribution < 1.29 is 0 Å². The molecule has 3 heteroatoms. The van der Waals surface area contributed by atoms with Crippen LogP contribution in [0, 0.1) is 0 Å². The number of fused-ring (bicyclic) bond motifs is 1. The van der Waals surface area contributed by atoms with Crippen LogP contribution in [-0.2, 0) is 12.8 Å². The highest BCUT2D eigenvalue weighted by Crippen LogP contribution is 2.33. The van der Waals surface area contributed by atoms with E-state index in [-0.39, 0.29) is 0 Å². The van der Waals surface area contributed by atoms with Gasteiger partial charge in [-0.15, -0.1) is 0 Å². The predicted octanol–water partition coefficient (Wildman–Crippen LogP) is 3.12.